The number of rotatable bonds is 3. The zero-order chi connectivity index (χ0) is 11.7. The molecular weight excluding hydrogens is 242 g/mol. The van der Waals surface area contributed by atoms with Crippen LogP contribution in [0.5, 0.6) is 0 Å². The number of aryl methyl sites for hydroxylation is 2. The van der Waals surface area contributed by atoms with Gasteiger partial charge in [-0.2, -0.15) is 0 Å². The molecule has 0 spiro atoms. The molecule has 0 aromatic carbocycles. The van der Waals surface area contributed by atoms with Gasteiger partial charge in [0.25, 0.3) is 5.91 Å². The van der Waals surface area contributed by atoms with Gasteiger partial charge in [0.1, 0.15) is 10.6 Å². The molecular formula is C10H11N3OS2. The third-order valence-corrected chi connectivity index (χ3v) is 4.31. The van der Waals surface area contributed by atoms with Crippen LogP contribution in [-0.4, -0.2) is 15.9 Å². The number of amides is 1. The second kappa shape index (κ2) is 4.31. The largest absolute Gasteiger partial charge is 0.365 e. The summed E-state index contributed by atoms with van der Waals surface area (Å²) in [5.74, 6) is -0.417. The van der Waals surface area contributed by atoms with E-state index >= 15 is 0 Å². The van der Waals surface area contributed by atoms with E-state index in [1.807, 2.05) is 13.8 Å². The van der Waals surface area contributed by atoms with Crippen molar-refractivity contribution in [1.29, 1.82) is 0 Å². The third kappa shape index (κ3) is 1.85. The predicted molar refractivity (Wildman–Crippen MR) is 65.9 cm³/mol. The summed E-state index contributed by atoms with van der Waals surface area (Å²) in [5, 5.41) is 0.927. The first-order valence-corrected chi connectivity index (χ1v) is 6.53. The Balaban J connectivity index is 2.59. The van der Waals surface area contributed by atoms with Crippen molar-refractivity contribution in [2.45, 2.75) is 20.3 Å². The highest BCUT2D eigenvalue weighted by Crippen LogP contribution is 2.32. The number of carbonyl (C=O) groups is 1. The Kier molecular flexibility index (Phi) is 3.02. The molecule has 0 unspecified atom stereocenters. The fourth-order valence-corrected chi connectivity index (χ4v) is 3.09. The Labute approximate surface area is 101 Å². The molecule has 6 heteroatoms. The maximum atomic E-state index is 11.3. The summed E-state index contributed by atoms with van der Waals surface area (Å²) < 4.78 is 0. The topological polar surface area (TPSA) is 68.9 Å². The molecule has 0 saturated carbocycles. The number of thiazole rings is 2. The quantitative estimate of drug-likeness (QED) is 0.912. The minimum atomic E-state index is -0.417. The molecule has 16 heavy (non-hydrogen) atoms. The maximum Gasteiger partial charge on any atom is 0.261 e. The minimum absolute atomic E-state index is 0.417. The molecule has 2 heterocycles. The van der Waals surface area contributed by atoms with E-state index in [0.29, 0.717) is 10.6 Å². The lowest BCUT2D eigenvalue weighted by atomic mass is 10.2. The lowest BCUT2D eigenvalue weighted by Gasteiger charge is -1.95. The van der Waals surface area contributed by atoms with Crippen LogP contribution in [-0.2, 0) is 6.42 Å². The zero-order valence-corrected chi connectivity index (χ0v) is 10.6. The van der Waals surface area contributed by atoms with Crippen LogP contribution in [0.3, 0.4) is 0 Å². The van der Waals surface area contributed by atoms with E-state index in [2.05, 4.69) is 9.97 Å². The Hall–Kier alpha value is -1.27. The second-order valence-corrected chi connectivity index (χ2v) is 5.21. The fourth-order valence-electron chi connectivity index (χ4n) is 1.37. The first-order chi connectivity index (χ1) is 7.63. The van der Waals surface area contributed by atoms with Crippen molar-refractivity contribution < 1.29 is 4.79 Å². The molecule has 0 bridgehead atoms. The lowest BCUT2D eigenvalue weighted by molar-refractivity contribution is 0.100. The molecule has 0 saturated heterocycles. The first kappa shape index (κ1) is 11.2. The molecule has 0 fully saturated rings. The first-order valence-electron chi connectivity index (χ1n) is 4.83. The number of carbonyl (C=O) groups excluding carboxylic acids is 1. The van der Waals surface area contributed by atoms with Crippen LogP contribution in [0.4, 0.5) is 0 Å². The molecule has 0 radical (unpaired) electrons. The van der Waals surface area contributed by atoms with Crippen molar-refractivity contribution in [3.63, 3.8) is 0 Å². The summed E-state index contributed by atoms with van der Waals surface area (Å²) in [6.45, 7) is 3.91. The number of nitrogens with zero attached hydrogens (tertiary/aromatic N) is 2. The summed E-state index contributed by atoms with van der Waals surface area (Å²) >= 11 is 2.85. The van der Waals surface area contributed by atoms with E-state index in [0.717, 1.165) is 22.0 Å². The number of nitrogens with two attached hydrogens (primary N) is 1. The number of primary amides is 1. The molecule has 2 aromatic heterocycles. The molecule has 4 nitrogen and oxygen atoms in total. The maximum absolute atomic E-state index is 11.3. The van der Waals surface area contributed by atoms with E-state index in [4.69, 9.17) is 5.73 Å². The van der Waals surface area contributed by atoms with Gasteiger partial charge in [-0.25, -0.2) is 9.97 Å². The average Bonchev–Trinajstić information content (AvgIpc) is 2.82. The highest BCUT2D eigenvalue weighted by Gasteiger charge is 2.19. The van der Waals surface area contributed by atoms with Gasteiger partial charge in [0.05, 0.1) is 21.1 Å². The molecule has 2 aromatic rings. The Morgan fingerprint density at radius 1 is 1.56 bits per heavy atom. The van der Waals surface area contributed by atoms with Gasteiger partial charge < -0.3 is 5.73 Å². The smallest absolute Gasteiger partial charge is 0.261 e. The van der Waals surface area contributed by atoms with E-state index in [1.165, 1.54) is 22.7 Å². The van der Waals surface area contributed by atoms with Crippen LogP contribution in [0.2, 0.25) is 0 Å². The third-order valence-electron chi connectivity index (χ3n) is 2.16. The van der Waals surface area contributed by atoms with Crippen LogP contribution >= 0.6 is 22.7 Å². The van der Waals surface area contributed by atoms with Crippen LogP contribution in [0, 0.1) is 6.92 Å². The van der Waals surface area contributed by atoms with Crippen LogP contribution in [0.15, 0.2) is 5.51 Å². The predicted octanol–water partition coefficient (Wildman–Crippen LogP) is 2.24. The molecule has 84 valence electrons. The monoisotopic (exact) mass is 253 g/mol. The molecule has 0 aliphatic carbocycles. The highest BCUT2D eigenvalue weighted by molar-refractivity contribution is 7.16. The van der Waals surface area contributed by atoms with Gasteiger partial charge in [0, 0.05) is 0 Å². The Bertz CT molecular complexity index is 530. The molecule has 0 aliphatic heterocycles. The zero-order valence-electron chi connectivity index (χ0n) is 8.98. The minimum Gasteiger partial charge on any atom is -0.365 e. The second-order valence-electron chi connectivity index (χ2n) is 3.27. The summed E-state index contributed by atoms with van der Waals surface area (Å²) in [4.78, 5) is 21.4. The lowest BCUT2D eigenvalue weighted by Crippen LogP contribution is -2.10. The van der Waals surface area contributed by atoms with Gasteiger partial charge in [0.15, 0.2) is 0 Å². The summed E-state index contributed by atoms with van der Waals surface area (Å²) in [5.41, 5.74) is 8.68. The molecule has 1 amide bonds. The van der Waals surface area contributed by atoms with E-state index < -0.39 is 5.91 Å². The Morgan fingerprint density at radius 3 is 2.81 bits per heavy atom. The average molecular weight is 253 g/mol. The number of hydrogen-bond donors (Lipinski definition) is 1. The SMILES string of the molecule is CCc1nc(-c2scnc2C)c(C(N)=O)s1. The summed E-state index contributed by atoms with van der Waals surface area (Å²) in [6, 6.07) is 0. The van der Waals surface area contributed by atoms with Gasteiger partial charge in [-0.3, -0.25) is 4.79 Å². The van der Waals surface area contributed by atoms with Crippen molar-refractivity contribution in [2.24, 2.45) is 5.73 Å². The molecule has 0 atom stereocenters. The normalized spacial score (nSPS) is 10.6. The highest BCUT2D eigenvalue weighted by atomic mass is 32.1. The van der Waals surface area contributed by atoms with Crippen molar-refractivity contribution in [3.05, 3.63) is 21.1 Å². The number of aromatic nitrogens is 2. The van der Waals surface area contributed by atoms with E-state index in [9.17, 15) is 4.79 Å². The number of hydrogen-bond acceptors (Lipinski definition) is 5. The van der Waals surface area contributed by atoms with Crippen molar-refractivity contribution in [3.8, 4) is 10.6 Å². The van der Waals surface area contributed by atoms with Gasteiger partial charge in [-0.15, -0.1) is 22.7 Å². The molecule has 0 aliphatic rings. The van der Waals surface area contributed by atoms with Crippen LogP contribution in [0.25, 0.3) is 10.6 Å². The summed E-state index contributed by atoms with van der Waals surface area (Å²) in [7, 11) is 0. The van der Waals surface area contributed by atoms with Crippen molar-refractivity contribution in [1.82, 2.24) is 9.97 Å². The summed E-state index contributed by atoms with van der Waals surface area (Å²) in [6.07, 6.45) is 0.808. The molecule has 2 N–H and O–H groups in total. The van der Waals surface area contributed by atoms with Gasteiger partial charge >= 0.3 is 0 Å². The van der Waals surface area contributed by atoms with Gasteiger partial charge in [-0.1, -0.05) is 6.92 Å². The van der Waals surface area contributed by atoms with Crippen molar-refractivity contribution >= 4 is 28.6 Å². The Morgan fingerprint density at radius 2 is 2.31 bits per heavy atom. The standard InChI is InChI=1S/C10H11N3OS2/c1-3-6-13-7(9(16-6)10(11)14)8-5(2)12-4-15-8/h4H,3H2,1-2H3,(H2,11,14). The molecule has 2 rings (SSSR count). The van der Waals surface area contributed by atoms with Crippen molar-refractivity contribution in [2.75, 3.05) is 0 Å². The van der Waals surface area contributed by atoms with Crippen LogP contribution < -0.4 is 5.73 Å². The van der Waals surface area contributed by atoms with E-state index in [-0.39, 0.29) is 0 Å². The van der Waals surface area contributed by atoms with Gasteiger partial charge in [-0.05, 0) is 13.3 Å². The van der Waals surface area contributed by atoms with Gasteiger partial charge in [0.2, 0.25) is 0 Å². The van der Waals surface area contributed by atoms with Crippen LogP contribution in [0.1, 0.15) is 27.3 Å². The van der Waals surface area contributed by atoms with E-state index in [1.54, 1.807) is 5.51 Å². The fraction of sp³-hybridized carbons (Fsp3) is 0.300.